The molecule has 0 saturated heterocycles. The van der Waals surface area contributed by atoms with E-state index in [1.807, 2.05) is 24.3 Å². The van der Waals surface area contributed by atoms with E-state index in [-0.39, 0.29) is 0 Å². The standard InChI is InChI=1S/C11H11NOS/c1-13-11-7-9(3-2-6-14)4-5-10(11)8-12/h2-5,7,14H,6H2,1H3. The highest BCUT2D eigenvalue weighted by molar-refractivity contribution is 7.80. The van der Waals surface area contributed by atoms with Crippen molar-refractivity contribution < 1.29 is 4.74 Å². The summed E-state index contributed by atoms with van der Waals surface area (Å²) in [4.78, 5) is 0. The number of hydrogen-bond donors (Lipinski definition) is 1. The van der Waals surface area contributed by atoms with Gasteiger partial charge in [0.15, 0.2) is 0 Å². The molecule has 0 amide bonds. The maximum absolute atomic E-state index is 8.76. The van der Waals surface area contributed by atoms with Gasteiger partial charge in [0.1, 0.15) is 11.8 Å². The van der Waals surface area contributed by atoms with Crippen molar-refractivity contribution in [1.82, 2.24) is 0 Å². The lowest BCUT2D eigenvalue weighted by molar-refractivity contribution is 0.413. The zero-order valence-electron chi connectivity index (χ0n) is 7.90. The average molecular weight is 205 g/mol. The lowest BCUT2D eigenvalue weighted by atomic mass is 10.1. The van der Waals surface area contributed by atoms with E-state index >= 15 is 0 Å². The third-order valence-corrected chi connectivity index (χ3v) is 1.97. The molecule has 0 radical (unpaired) electrons. The van der Waals surface area contributed by atoms with E-state index in [4.69, 9.17) is 10.00 Å². The van der Waals surface area contributed by atoms with Crippen LogP contribution in [0.3, 0.4) is 0 Å². The van der Waals surface area contributed by atoms with Crippen molar-refractivity contribution in [2.24, 2.45) is 0 Å². The van der Waals surface area contributed by atoms with Crippen LogP contribution in [0.25, 0.3) is 6.08 Å². The molecule has 0 saturated carbocycles. The van der Waals surface area contributed by atoms with Gasteiger partial charge in [-0.2, -0.15) is 17.9 Å². The molecule has 0 N–H and O–H groups in total. The third-order valence-electron chi connectivity index (χ3n) is 1.76. The van der Waals surface area contributed by atoms with Gasteiger partial charge >= 0.3 is 0 Å². The van der Waals surface area contributed by atoms with Crippen LogP contribution in [-0.4, -0.2) is 12.9 Å². The van der Waals surface area contributed by atoms with Crippen molar-refractivity contribution in [2.45, 2.75) is 0 Å². The van der Waals surface area contributed by atoms with Gasteiger partial charge in [-0.15, -0.1) is 0 Å². The normalized spacial score (nSPS) is 10.1. The minimum absolute atomic E-state index is 0.551. The van der Waals surface area contributed by atoms with Crippen molar-refractivity contribution in [1.29, 1.82) is 5.26 Å². The average Bonchev–Trinajstić information content (AvgIpc) is 2.25. The molecule has 0 aromatic heterocycles. The van der Waals surface area contributed by atoms with Gasteiger partial charge in [-0.3, -0.25) is 0 Å². The van der Waals surface area contributed by atoms with Gasteiger partial charge in [0.05, 0.1) is 12.7 Å². The van der Waals surface area contributed by atoms with Crippen LogP contribution in [0.4, 0.5) is 0 Å². The Morgan fingerprint density at radius 1 is 1.57 bits per heavy atom. The van der Waals surface area contributed by atoms with Crippen LogP contribution in [0.15, 0.2) is 24.3 Å². The van der Waals surface area contributed by atoms with Crippen LogP contribution in [0.5, 0.6) is 5.75 Å². The Morgan fingerprint density at radius 2 is 2.36 bits per heavy atom. The topological polar surface area (TPSA) is 33.0 Å². The van der Waals surface area contributed by atoms with Gasteiger partial charge in [-0.05, 0) is 17.7 Å². The van der Waals surface area contributed by atoms with Crippen LogP contribution in [0.2, 0.25) is 0 Å². The monoisotopic (exact) mass is 205 g/mol. The Kier molecular flexibility index (Phi) is 4.09. The molecule has 0 fully saturated rings. The van der Waals surface area contributed by atoms with E-state index in [1.165, 1.54) is 0 Å². The van der Waals surface area contributed by atoms with Crippen molar-refractivity contribution in [3.63, 3.8) is 0 Å². The van der Waals surface area contributed by atoms with Crippen molar-refractivity contribution >= 4 is 18.7 Å². The second-order valence-corrected chi connectivity index (χ2v) is 3.02. The highest BCUT2D eigenvalue weighted by atomic mass is 32.1. The Bertz CT molecular complexity index is 379. The number of ether oxygens (including phenoxy) is 1. The van der Waals surface area contributed by atoms with Crippen LogP contribution in [0.1, 0.15) is 11.1 Å². The van der Waals surface area contributed by atoms with Gasteiger partial charge in [-0.25, -0.2) is 0 Å². The summed E-state index contributed by atoms with van der Waals surface area (Å²) < 4.78 is 5.08. The summed E-state index contributed by atoms with van der Waals surface area (Å²) in [6.45, 7) is 0. The van der Waals surface area contributed by atoms with E-state index in [9.17, 15) is 0 Å². The Labute approximate surface area is 89.2 Å². The van der Waals surface area contributed by atoms with Crippen LogP contribution in [0, 0.1) is 11.3 Å². The second kappa shape index (κ2) is 5.36. The summed E-state index contributed by atoms with van der Waals surface area (Å²) in [7, 11) is 1.56. The Hall–Kier alpha value is -1.40. The molecule has 0 aliphatic rings. The molecule has 0 aliphatic heterocycles. The van der Waals surface area contributed by atoms with Crippen LogP contribution < -0.4 is 4.74 Å². The summed E-state index contributed by atoms with van der Waals surface area (Å²) in [5, 5.41) is 8.76. The van der Waals surface area contributed by atoms with Crippen LogP contribution in [-0.2, 0) is 0 Å². The molecule has 0 heterocycles. The summed E-state index contributed by atoms with van der Waals surface area (Å²) in [6.07, 6.45) is 3.88. The molecule has 14 heavy (non-hydrogen) atoms. The summed E-state index contributed by atoms with van der Waals surface area (Å²) >= 11 is 4.07. The number of hydrogen-bond acceptors (Lipinski definition) is 3. The fourth-order valence-corrected chi connectivity index (χ4v) is 1.20. The summed E-state index contributed by atoms with van der Waals surface area (Å²) in [5.41, 5.74) is 1.56. The SMILES string of the molecule is COc1cc(C=CCS)ccc1C#N. The zero-order chi connectivity index (χ0) is 10.4. The molecule has 2 nitrogen and oxygen atoms in total. The molecule has 3 heteroatoms. The van der Waals surface area contributed by atoms with E-state index < -0.39 is 0 Å². The minimum atomic E-state index is 0.551. The van der Waals surface area contributed by atoms with Gasteiger partial charge in [-0.1, -0.05) is 18.2 Å². The number of benzene rings is 1. The molecule has 0 atom stereocenters. The molecule has 0 bridgehead atoms. The summed E-state index contributed by atoms with van der Waals surface area (Å²) in [5.74, 6) is 1.30. The molecular formula is C11H11NOS. The predicted molar refractivity (Wildman–Crippen MR) is 60.6 cm³/mol. The van der Waals surface area contributed by atoms with Crippen LogP contribution >= 0.6 is 12.6 Å². The summed E-state index contributed by atoms with van der Waals surface area (Å²) in [6, 6.07) is 7.52. The van der Waals surface area contributed by atoms with Gasteiger partial charge in [0.2, 0.25) is 0 Å². The molecule has 0 unspecified atom stereocenters. The quantitative estimate of drug-likeness (QED) is 0.769. The molecule has 1 rings (SSSR count). The van der Waals surface area contributed by atoms with E-state index in [1.54, 1.807) is 13.2 Å². The number of nitrogens with zero attached hydrogens (tertiary/aromatic N) is 1. The Balaban J connectivity index is 3.03. The van der Waals surface area contributed by atoms with E-state index in [2.05, 4.69) is 18.7 Å². The first-order chi connectivity index (χ1) is 6.81. The molecule has 0 spiro atoms. The maximum atomic E-state index is 8.76. The van der Waals surface area contributed by atoms with Gasteiger partial charge < -0.3 is 4.74 Å². The van der Waals surface area contributed by atoms with Gasteiger partial charge in [0.25, 0.3) is 0 Å². The largest absolute Gasteiger partial charge is 0.495 e. The number of methoxy groups -OCH3 is 1. The molecule has 72 valence electrons. The number of nitriles is 1. The smallest absolute Gasteiger partial charge is 0.137 e. The Morgan fingerprint density at radius 3 is 2.93 bits per heavy atom. The number of rotatable bonds is 3. The first-order valence-electron chi connectivity index (χ1n) is 4.17. The predicted octanol–water partition coefficient (Wildman–Crippen LogP) is 2.51. The van der Waals surface area contributed by atoms with Crippen molar-refractivity contribution in [2.75, 3.05) is 12.9 Å². The first-order valence-corrected chi connectivity index (χ1v) is 4.80. The molecule has 1 aromatic rings. The molecule has 0 aliphatic carbocycles. The van der Waals surface area contributed by atoms with E-state index in [0.717, 1.165) is 5.56 Å². The lowest BCUT2D eigenvalue weighted by Gasteiger charge is -2.02. The van der Waals surface area contributed by atoms with Gasteiger partial charge in [0, 0.05) is 5.75 Å². The molecular weight excluding hydrogens is 194 g/mol. The highest BCUT2D eigenvalue weighted by Gasteiger charge is 2.01. The minimum Gasteiger partial charge on any atom is -0.495 e. The lowest BCUT2D eigenvalue weighted by Crippen LogP contribution is -1.88. The maximum Gasteiger partial charge on any atom is 0.137 e. The van der Waals surface area contributed by atoms with E-state index in [0.29, 0.717) is 17.1 Å². The van der Waals surface area contributed by atoms with Crippen molar-refractivity contribution in [3.8, 4) is 11.8 Å². The van der Waals surface area contributed by atoms with Crippen molar-refractivity contribution in [3.05, 3.63) is 35.4 Å². The zero-order valence-corrected chi connectivity index (χ0v) is 8.79. The third kappa shape index (κ3) is 2.54. The fraction of sp³-hybridized carbons (Fsp3) is 0.182. The highest BCUT2D eigenvalue weighted by Crippen LogP contribution is 2.19. The molecule has 1 aromatic carbocycles. The second-order valence-electron chi connectivity index (χ2n) is 2.66. The first kappa shape index (κ1) is 10.7. The fourth-order valence-electron chi connectivity index (χ4n) is 1.09. The number of thiol groups is 1.